The predicted octanol–water partition coefficient (Wildman–Crippen LogP) is -1.30. The molecule has 1 aromatic heterocycles. The van der Waals surface area contributed by atoms with Crippen LogP contribution in [0.1, 0.15) is 19.6 Å². The number of nitriles is 1. The fourth-order valence-electron chi connectivity index (χ4n) is 2.53. The average molecular weight is 398 g/mol. The number of nitrogens with one attached hydrogen (secondary N) is 1. The number of aliphatic hydroxyl groups is 2. The van der Waals surface area contributed by atoms with Crippen molar-refractivity contribution < 1.29 is 34.0 Å². The average Bonchev–Trinajstić information content (AvgIpc) is 2.96. The molecule has 154 valence electrons. The van der Waals surface area contributed by atoms with Gasteiger partial charge in [0.05, 0.1) is 25.7 Å². The molecule has 0 aromatic carbocycles. The molecule has 12 heteroatoms. The molecule has 1 aromatic rings. The minimum atomic E-state index is -1.22. The lowest BCUT2D eigenvalue weighted by atomic mass is 10.1. The van der Waals surface area contributed by atoms with Crippen molar-refractivity contribution in [2.45, 2.75) is 37.9 Å². The zero-order valence-electron chi connectivity index (χ0n) is 15.2. The summed E-state index contributed by atoms with van der Waals surface area (Å²) in [4.78, 5) is 27.1. The van der Waals surface area contributed by atoms with Crippen LogP contribution in [0.4, 0.5) is 5.82 Å². The molecule has 2 rings (SSSR count). The molecule has 4 atom stereocenters. The van der Waals surface area contributed by atoms with E-state index >= 15 is 0 Å². The van der Waals surface area contributed by atoms with Crippen LogP contribution in [-0.4, -0.2) is 70.8 Å². The second kappa shape index (κ2) is 10.8. The van der Waals surface area contributed by atoms with Crippen molar-refractivity contribution in [3.05, 3.63) is 22.7 Å². The van der Waals surface area contributed by atoms with E-state index in [9.17, 15) is 19.8 Å². The smallest absolute Gasteiger partial charge is 0.351 e. The lowest BCUT2D eigenvalue weighted by Gasteiger charge is -2.22. The van der Waals surface area contributed by atoms with E-state index in [0.717, 1.165) is 4.57 Å². The van der Waals surface area contributed by atoms with Gasteiger partial charge in [-0.05, 0) is 6.07 Å². The van der Waals surface area contributed by atoms with E-state index < -0.39 is 36.8 Å². The van der Waals surface area contributed by atoms with Gasteiger partial charge in [0.1, 0.15) is 37.7 Å². The molecular formula is C16H22N4O8. The molecule has 1 amide bonds. The number of anilines is 1. The number of aliphatic hydroxyl groups excluding tert-OH is 2. The summed E-state index contributed by atoms with van der Waals surface area (Å²) in [6, 6.07) is 3.31. The Balaban J connectivity index is 2.03. The lowest BCUT2D eigenvalue weighted by molar-refractivity contribution is -0.175. The third kappa shape index (κ3) is 5.80. The molecular weight excluding hydrogens is 376 g/mol. The number of aromatic nitrogens is 2. The van der Waals surface area contributed by atoms with Gasteiger partial charge in [-0.1, -0.05) is 0 Å². The minimum absolute atomic E-state index is 0.0707. The van der Waals surface area contributed by atoms with Gasteiger partial charge >= 0.3 is 5.69 Å². The van der Waals surface area contributed by atoms with Crippen molar-refractivity contribution >= 4 is 11.7 Å². The number of carbonyl (C=O) groups is 1. The van der Waals surface area contributed by atoms with Crippen molar-refractivity contribution in [1.29, 1.82) is 5.26 Å². The summed E-state index contributed by atoms with van der Waals surface area (Å²) in [5.74, 6) is -0.311. The maximum atomic E-state index is 12.3. The Labute approximate surface area is 160 Å². The first-order valence-corrected chi connectivity index (χ1v) is 8.43. The van der Waals surface area contributed by atoms with Crippen molar-refractivity contribution in [2.75, 3.05) is 32.1 Å². The Kier molecular flexibility index (Phi) is 8.45. The van der Waals surface area contributed by atoms with Crippen LogP contribution in [0.3, 0.4) is 0 Å². The van der Waals surface area contributed by atoms with Gasteiger partial charge in [-0.25, -0.2) is 4.79 Å². The molecule has 3 N–H and O–H groups in total. The summed E-state index contributed by atoms with van der Waals surface area (Å²) in [5.41, 5.74) is -0.739. The molecule has 0 spiro atoms. The lowest BCUT2D eigenvalue weighted by Crippen LogP contribution is -2.38. The van der Waals surface area contributed by atoms with E-state index in [2.05, 4.69) is 10.3 Å². The molecule has 0 radical (unpaired) electrons. The molecule has 1 aliphatic rings. The van der Waals surface area contributed by atoms with E-state index in [1.54, 1.807) is 0 Å². The van der Waals surface area contributed by atoms with Gasteiger partial charge in [-0.15, -0.1) is 0 Å². The third-order valence-corrected chi connectivity index (χ3v) is 3.77. The summed E-state index contributed by atoms with van der Waals surface area (Å²) in [7, 11) is 0. The summed E-state index contributed by atoms with van der Waals surface area (Å²) in [6.45, 7) is 0.610. The third-order valence-electron chi connectivity index (χ3n) is 3.77. The van der Waals surface area contributed by atoms with Crippen LogP contribution in [0.2, 0.25) is 0 Å². The molecule has 0 bridgehead atoms. The summed E-state index contributed by atoms with van der Waals surface area (Å²) in [6.07, 6.45) is -2.72. The SMILES string of the molecule is CC(=O)Nc1ccn([C@@H]2O[C@H](CO)C(O)[C@@H]2OCOCOCCC#N)c(=O)n1. The number of nitrogens with zero attached hydrogens (tertiary/aromatic N) is 3. The number of ether oxygens (including phenoxy) is 4. The van der Waals surface area contributed by atoms with Gasteiger partial charge < -0.3 is 34.5 Å². The molecule has 0 saturated carbocycles. The highest BCUT2D eigenvalue weighted by atomic mass is 16.7. The molecule has 1 aliphatic heterocycles. The van der Waals surface area contributed by atoms with E-state index in [1.165, 1.54) is 19.2 Å². The van der Waals surface area contributed by atoms with Crippen LogP contribution in [0.5, 0.6) is 0 Å². The van der Waals surface area contributed by atoms with Crippen LogP contribution in [0, 0.1) is 11.3 Å². The Morgan fingerprint density at radius 3 is 2.89 bits per heavy atom. The number of carbonyl (C=O) groups excluding carboxylic acids is 1. The number of hydrogen-bond donors (Lipinski definition) is 3. The molecule has 1 unspecified atom stereocenters. The number of amides is 1. The minimum Gasteiger partial charge on any atom is -0.394 e. The number of rotatable bonds is 10. The van der Waals surface area contributed by atoms with Gasteiger partial charge in [0, 0.05) is 13.1 Å². The highest BCUT2D eigenvalue weighted by Crippen LogP contribution is 2.30. The van der Waals surface area contributed by atoms with E-state index in [0.29, 0.717) is 0 Å². The van der Waals surface area contributed by atoms with Crippen molar-refractivity contribution in [3.63, 3.8) is 0 Å². The maximum absolute atomic E-state index is 12.3. The standard InChI is InChI=1S/C16H22N4O8/c1-10(22)18-12-3-5-20(16(24)19-12)15-14(13(23)11(7-21)28-15)27-9-26-8-25-6-2-4-17/h3,5,11,13-15,21,23H,2,6-9H2,1H3,(H,18,19,22,24)/t11-,13?,14+,15-/m1/s1. The first-order chi connectivity index (χ1) is 13.5. The topological polar surface area (TPSA) is 165 Å². The molecule has 2 heterocycles. The highest BCUT2D eigenvalue weighted by molar-refractivity contribution is 5.87. The Hall–Kier alpha value is -2.40. The van der Waals surface area contributed by atoms with Crippen LogP contribution in [0.25, 0.3) is 0 Å². The normalized spacial score (nSPS) is 24.1. The Bertz CT molecular complexity index is 749. The predicted molar refractivity (Wildman–Crippen MR) is 91.7 cm³/mol. The van der Waals surface area contributed by atoms with E-state index in [1.807, 2.05) is 6.07 Å². The zero-order valence-corrected chi connectivity index (χ0v) is 15.2. The van der Waals surface area contributed by atoms with Gasteiger partial charge in [-0.2, -0.15) is 10.2 Å². The maximum Gasteiger partial charge on any atom is 0.351 e. The van der Waals surface area contributed by atoms with Crippen LogP contribution in [-0.2, 0) is 23.7 Å². The van der Waals surface area contributed by atoms with Crippen LogP contribution >= 0.6 is 0 Å². The first kappa shape index (κ1) is 21.9. The summed E-state index contributed by atoms with van der Waals surface area (Å²) >= 11 is 0. The summed E-state index contributed by atoms with van der Waals surface area (Å²) < 4.78 is 22.2. The summed E-state index contributed by atoms with van der Waals surface area (Å²) in [5, 5.41) is 30.4. The van der Waals surface area contributed by atoms with Crippen molar-refractivity contribution in [2.24, 2.45) is 0 Å². The number of hydrogen-bond acceptors (Lipinski definition) is 10. The first-order valence-electron chi connectivity index (χ1n) is 8.43. The fraction of sp³-hybridized carbons (Fsp3) is 0.625. The largest absolute Gasteiger partial charge is 0.394 e. The highest BCUT2D eigenvalue weighted by Gasteiger charge is 2.45. The van der Waals surface area contributed by atoms with Gasteiger partial charge in [0.15, 0.2) is 6.23 Å². The molecule has 12 nitrogen and oxygen atoms in total. The van der Waals surface area contributed by atoms with Crippen LogP contribution in [0.15, 0.2) is 17.1 Å². The molecule has 0 aliphatic carbocycles. The molecule has 1 fully saturated rings. The zero-order chi connectivity index (χ0) is 20.5. The van der Waals surface area contributed by atoms with E-state index in [4.69, 9.17) is 24.2 Å². The Morgan fingerprint density at radius 1 is 1.46 bits per heavy atom. The van der Waals surface area contributed by atoms with Crippen molar-refractivity contribution in [1.82, 2.24) is 9.55 Å². The van der Waals surface area contributed by atoms with Gasteiger partial charge in [0.2, 0.25) is 5.91 Å². The monoisotopic (exact) mass is 398 g/mol. The molecule has 1 saturated heterocycles. The van der Waals surface area contributed by atoms with Crippen molar-refractivity contribution in [3.8, 4) is 6.07 Å². The molecule has 28 heavy (non-hydrogen) atoms. The Morgan fingerprint density at radius 2 is 2.25 bits per heavy atom. The van der Waals surface area contributed by atoms with Gasteiger partial charge in [0.25, 0.3) is 0 Å². The van der Waals surface area contributed by atoms with Crippen LogP contribution < -0.4 is 11.0 Å². The van der Waals surface area contributed by atoms with E-state index in [-0.39, 0.29) is 38.3 Å². The van der Waals surface area contributed by atoms with Gasteiger partial charge in [-0.3, -0.25) is 9.36 Å². The second-order valence-corrected chi connectivity index (χ2v) is 5.81. The quantitative estimate of drug-likeness (QED) is 0.318. The second-order valence-electron chi connectivity index (χ2n) is 5.81. The fourth-order valence-corrected chi connectivity index (χ4v) is 2.53.